The number of hydrogen-bond acceptors (Lipinski definition) is 3. The summed E-state index contributed by atoms with van der Waals surface area (Å²) < 4.78 is 0. The average molecular weight is 318 g/mol. The maximum atomic E-state index is 12.7. The molecule has 0 radical (unpaired) electrons. The molecule has 1 aromatic carbocycles. The molecule has 2 amide bonds. The molecule has 1 aromatic rings. The molecule has 0 spiro atoms. The van der Waals surface area contributed by atoms with Gasteiger partial charge in [0, 0.05) is 26.1 Å². The molecule has 2 atom stereocenters. The van der Waals surface area contributed by atoms with E-state index in [0.29, 0.717) is 6.42 Å². The van der Waals surface area contributed by atoms with Gasteiger partial charge in [-0.15, -0.1) is 0 Å². The first-order valence-electron chi connectivity index (χ1n) is 8.34. The summed E-state index contributed by atoms with van der Waals surface area (Å²) in [7, 11) is 0. The number of hydrogen-bond donors (Lipinski definition) is 2. The van der Waals surface area contributed by atoms with Crippen LogP contribution >= 0.6 is 0 Å². The Labute approximate surface area is 137 Å². The standard InChI is InChI=1S/C18H26N2O3/c1-14(22)19-17(15-7-3-2-4-8-15)13-18(23)20-11-6-5-9-16(20)10-12-21/h2-4,7-8,16-17,21H,5-6,9-13H2,1H3,(H,19,22). The fourth-order valence-electron chi connectivity index (χ4n) is 3.25. The molecule has 2 N–H and O–H groups in total. The molecule has 23 heavy (non-hydrogen) atoms. The number of carbonyl (C=O) groups excluding carboxylic acids is 2. The summed E-state index contributed by atoms with van der Waals surface area (Å²) in [5.74, 6) is -0.0945. The van der Waals surface area contributed by atoms with E-state index in [0.717, 1.165) is 31.4 Å². The van der Waals surface area contributed by atoms with Crippen molar-refractivity contribution < 1.29 is 14.7 Å². The topological polar surface area (TPSA) is 69.6 Å². The van der Waals surface area contributed by atoms with Crippen molar-refractivity contribution in [2.75, 3.05) is 13.2 Å². The second-order valence-corrected chi connectivity index (χ2v) is 6.12. The van der Waals surface area contributed by atoms with Gasteiger partial charge in [-0.05, 0) is 31.2 Å². The molecule has 1 aliphatic heterocycles. The summed E-state index contributed by atoms with van der Waals surface area (Å²) in [5, 5.41) is 12.1. The second-order valence-electron chi connectivity index (χ2n) is 6.12. The van der Waals surface area contributed by atoms with Gasteiger partial charge in [0.05, 0.1) is 12.5 Å². The van der Waals surface area contributed by atoms with Gasteiger partial charge in [0.25, 0.3) is 0 Å². The molecule has 5 heteroatoms. The number of nitrogens with zero attached hydrogens (tertiary/aromatic N) is 1. The molecule has 126 valence electrons. The number of benzene rings is 1. The van der Waals surface area contributed by atoms with Gasteiger partial charge in [0.2, 0.25) is 11.8 Å². The van der Waals surface area contributed by atoms with Gasteiger partial charge >= 0.3 is 0 Å². The predicted octanol–water partition coefficient (Wildman–Crippen LogP) is 2.02. The quantitative estimate of drug-likeness (QED) is 0.843. The van der Waals surface area contributed by atoms with Gasteiger partial charge in [-0.1, -0.05) is 30.3 Å². The van der Waals surface area contributed by atoms with E-state index in [9.17, 15) is 14.7 Å². The average Bonchev–Trinajstić information content (AvgIpc) is 2.55. The Morgan fingerprint density at radius 2 is 2.04 bits per heavy atom. The SMILES string of the molecule is CC(=O)NC(CC(=O)N1CCCCC1CCO)c1ccccc1. The van der Waals surface area contributed by atoms with E-state index in [-0.39, 0.29) is 36.9 Å². The molecule has 5 nitrogen and oxygen atoms in total. The van der Waals surface area contributed by atoms with Crippen molar-refractivity contribution >= 4 is 11.8 Å². The molecule has 1 fully saturated rings. The number of aliphatic hydroxyl groups excluding tert-OH is 1. The van der Waals surface area contributed by atoms with Crippen LogP contribution in [0.5, 0.6) is 0 Å². The Hall–Kier alpha value is -1.88. The van der Waals surface area contributed by atoms with Crippen LogP contribution in [0.1, 0.15) is 50.6 Å². The van der Waals surface area contributed by atoms with Crippen LogP contribution in [0.4, 0.5) is 0 Å². The minimum atomic E-state index is -0.307. The van der Waals surface area contributed by atoms with E-state index in [1.165, 1.54) is 6.92 Å². The van der Waals surface area contributed by atoms with Gasteiger partial charge in [-0.3, -0.25) is 9.59 Å². The molecular weight excluding hydrogens is 292 g/mol. The zero-order valence-electron chi connectivity index (χ0n) is 13.7. The van der Waals surface area contributed by atoms with E-state index in [2.05, 4.69) is 5.32 Å². The summed E-state index contributed by atoms with van der Waals surface area (Å²) in [4.78, 5) is 26.1. The molecule has 0 saturated carbocycles. The molecule has 0 aliphatic carbocycles. The van der Waals surface area contributed by atoms with Crippen LogP contribution in [-0.4, -0.2) is 41.0 Å². The number of likely N-dealkylation sites (tertiary alicyclic amines) is 1. The summed E-state index contributed by atoms with van der Waals surface area (Å²) in [6.45, 7) is 2.31. The Morgan fingerprint density at radius 3 is 2.70 bits per heavy atom. The van der Waals surface area contributed by atoms with Crippen LogP contribution < -0.4 is 5.32 Å². The summed E-state index contributed by atoms with van der Waals surface area (Å²) in [6, 6.07) is 9.39. The highest BCUT2D eigenvalue weighted by atomic mass is 16.3. The fraction of sp³-hybridized carbons (Fsp3) is 0.556. The van der Waals surface area contributed by atoms with Crippen molar-refractivity contribution in [2.24, 2.45) is 0 Å². The lowest BCUT2D eigenvalue weighted by molar-refractivity contribution is -0.136. The first kappa shape index (κ1) is 17.5. The highest BCUT2D eigenvalue weighted by molar-refractivity contribution is 5.79. The lowest BCUT2D eigenvalue weighted by atomic mass is 9.97. The van der Waals surface area contributed by atoms with Crippen molar-refractivity contribution in [3.05, 3.63) is 35.9 Å². The fourth-order valence-corrected chi connectivity index (χ4v) is 3.25. The first-order valence-corrected chi connectivity index (χ1v) is 8.34. The number of amides is 2. The minimum Gasteiger partial charge on any atom is -0.396 e. The van der Waals surface area contributed by atoms with E-state index in [1.54, 1.807) is 0 Å². The van der Waals surface area contributed by atoms with Crippen LogP contribution in [0.2, 0.25) is 0 Å². The minimum absolute atomic E-state index is 0.0470. The van der Waals surface area contributed by atoms with E-state index < -0.39 is 0 Å². The van der Waals surface area contributed by atoms with E-state index in [4.69, 9.17) is 0 Å². The van der Waals surface area contributed by atoms with Gasteiger partial charge < -0.3 is 15.3 Å². The Kier molecular flexibility index (Phi) is 6.59. The van der Waals surface area contributed by atoms with Crippen molar-refractivity contribution in [3.8, 4) is 0 Å². The number of aliphatic hydroxyl groups is 1. The third-order valence-corrected chi connectivity index (χ3v) is 4.37. The molecular formula is C18H26N2O3. The van der Waals surface area contributed by atoms with Gasteiger partial charge in [-0.25, -0.2) is 0 Å². The largest absolute Gasteiger partial charge is 0.396 e. The third-order valence-electron chi connectivity index (χ3n) is 4.37. The summed E-state index contributed by atoms with van der Waals surface area (Å²) in [5.41, 5.74) is 0.937. The van der Waals surface area contributed by atoms with Gasteiger partial charge in [0.1, 0.15) is 0 Å². The van der Waals surface area contributed by atoms with E-state index >= 15 is 0 Å². The third kappa shape index (κ3) is 5.06. The number of piperidine rings is 1. The lowest BCUT2D eigenvalue weighted by Crippen LogP contribution is -2.45. The maximum absolute atomic E-state index is 12.7. The van der Waals surface area contributed by atoms with Crippen LogP contribution in [-0.2, 0) is 9.59 Å². The molecule has 0 bridgehead atoms. The molecule has 2 rings (SSSR count). The van der Waals surface area contributed by atoms with Crippen LogP contribution in [0.25, 0.3) is 0 Å². The number of rotatable bonds is 6. The molecule has 0 aromatic heterocycles. The van der Waals surface area contributed by atoms with Crippen LogP contribution in [0, 0.1) is 0 Å². The van der Waals surface area contributed by atoms with Crippen molar-refractivity contribution in [2.45, 2.75) is 51.1 Å². The van der Waals surface area contributed by atoms with Crippen molar-refractivity contribution in [1.29, 1.82) is 0 Å². The monoisotopic (exact) mass is 318 g/mol. The highest BCUT2D eigenvalue weighted by Gasteiger charge is 2.28. The molecule has 1 saturated heterocycles. The molecule has 1 aliphatic rings. The zero-order chi connectivity index (χ0) is 16.7. The summed E-state index contributed by atoms with van der Waals surface area (Å²) >= 11 is 0. The molecule has 2 unspecified atom stereocenters. The number of carbonyl (C=O) groups is 2. The second kappa shape index (κ2) is 8.67. The van der Waals surface area contributed by atoms with Gasteiger partial charge in [-0.2, -0.15) is 0 Å². The lowest BCUT2D eigenvalue weighted by Gasteiger charge is -2.36. The highest BCUT2D eigenvalue weighted by Crippen LogP contribution is 2.24. The smallest absolute Gasteiger partial charge is 0.225 e. The van der Waals surface area contributed by atoms with E-state index in [1.807, 2.05) is 35.2 Å². The number of nitrogens with one attached hydrogen (secondary N) is 1. The normalized spacial score (nSPS) is 19.2. The van der Waals surface area contributed by atoms with Crippen molar-refractivity contribution in [3.63, 3.8) is 0 Å². The maximum Gasteiger partial charge on any atom is 0.225 e. The predicted molar refractivity (Wildman–Crippen MR) is 88.7 cm³/mol. The first-order chi connectivity index (χ1) is 11.1. The molecule has 1 heterocycles. The van der Waals surface area contributed by atoms with Crippen LogP contribution in [0.15, 0.2) is 30.3 Å². The van der Waals surface area contributed by atoms with Gasteiger partial charge in [0.15, 0.2) is 0 Å². The Morgan fingerprint density at radius 1 is 1.30 bits per heavy atom. The Balaban J connectivity index is 2.08. The van der Waals surface area contributed by atoms with Crippen LogP contribution in [0.3, 0.4) is 0 Å². The van der Waals surface area contributed by atoms with Crippen molar-refractivity contribution in [1.82, 2.24) is 10.2 Å². The Bertz CT molecular complexity index is 516. The summed E-state index contributed by atoms with van der Waals surface area (Å²) in [6.07, 6.45) is 3.93. The zero-order valence-corrected chi connectivity index (χ0v) is 13.7.